The van der Waals surface area contributed by atoms with Crippen molar-refractivity contribution in [2.45, 2.75) is 66.2 Å². The van der Waals surface area contributed by atoms with Crippen LogP contribution in [0.2, 0.25) is 0 Å². The molecule has 0 radical (unpaired) electrons. The first kappa shape index (κ1) is 15.4. The quantitative estimate of drug-likeness (QED) is 0.568. The first-order chi connectivity index (χ1) is 9.18. The van der Waals surface area contributed by atoms with Crippen molar-refractivity contribution in [3.63, 3.8) is 0 Å². The fourth-order valence-corrected chi connectivity index (χ4v) is 3.07. The Hall–Kier alpha value is -1.04. The summed E-state index contributed by atoms with van der Waals surface area (Å²) < 4.78 is 0. The van der Waals surface area contributed by atoms with Crippen LogP contribution in [0.1, 0.15) is 71.9 Å². The second-order valence-corrected chi connectivity index (χ2v) is 8.39. The molecule has 0 spiro atoms. The predicted octanol–water partition coefficient (Wildman–Crippen LogP) is 6.21. The van der Waals surface area contributed by atoms with Gasteiger partial charge in [-0.2, -0.15) is 0 Å². The van der Waals surface area contributed by atoms with E-state index in [0.717, 1.165) is 5.92 Å². The van der Waals surface area contributed by atoms with Crippen LogP contribution < -0.4 is 0 Å². The zero-order valence-electron chi connectivity index (χ0n) is 14.1. The van der Waals surface area contributed by atoms with Crippen LogP contribution in [0.4, 0.5) is 0 Å². The summed E-state index contributed by atoms with van der Waals surface area (Å²) in [7, 11) is 0. The molecule has 0 amide bonds. The van der Waals surface area contributed by atoms with Crippen LogP contribution in [-0.2, 0) is 5.41 Å². The molecular weight excluding hydrogens is 240 g/mol. The van der Waals surface area contributed by atoms with Crippen molar-refractivity contribution in [2.24, 2.45) is 11.3 Å². The summed E-state index contributed by atoms with van der Waals surface area (Å²) >= 11 is 0. The number of hydrogen-bond acceptors (Lipinski definition) is 0. The molecule has 0 heterocycles. The number of benzene rings is 1. The van der Waals surface area contributed by atoms with Gasteiger partial charge in [-0.1, -0.05) is 71.9 Å². The van der Waals surface area contributed by atoms with Gasteiger partial charge in [0.2, 0.25) is 0 Å². The first-order valence-electron chi connectivity index (χ1n) is 7.98. The van der Waals surface area contributed by atoms with E-state index in [-0.39, 0.29) is 5.41 Å². The Kier molecular flexibility index (Phi) is 4.14. The molecule has 0 fully saturated rings. The summed E-state index contributed by atoms with van der Waals surface area (Å²) in [5, 5.41) is 0. The molecule has 1 aliphatic carbocycles. The molecule has 0 aromatic heterocycles. The van der Waals surface area contributed by atoms with E-state index in [9.17, 15) is 0 Å². The highest BCUT2D eigenvalue weighted by molar-refractivity contribution is 5.66. The molecule has 2 rings (SSSR count). The highest BCUT2D eigenvalue weighted by Gasteiger charge is 2.26. The molecule has 1 aliphatic rings. The highest BCUT2D eigenvalue weighted by atomic mass is 14.3. The number of allylic oxidation sites excluding steroid dienone is 2. The topological polar surface area (TPSA) is 0 Å². The van der Waals surface area contributed by atoms with Gasteiger partial charge < -0.3 is 0 Å². The lowest BCUT2D eigenvalue weighted by atomic mass is 9.72. The summed E-state index contributed by atoms with van der Waals surface area (Å²) in [5.74, 6) is 0.833. The molecule has 1 aromatic rings. The smallest absolute Gasteiger partial charge is 0.0132 e. The standard InChI is InChI=1S/C20H30/c1-19(2,3)17-11-7-15(8-12-17)16-9-13-18(14-10-16)20(4,5)6/h7-9,11-12,18H,10,13-14H2,1-6H3/t18-/m1/s1. The molecule has 0 N–H and O–H groups in total. The van der Waals surface area contributed by atoms with Gasteiger partial charge in [0.05, 0.1) is 0 Å². The maximum atomic E-state index is 2.48. The molecule has 0 saturated heterocycles. The molecule has 0 aliphatic heterocycles. The Morgan fingerprint density at radius 3 is 1.90 bits per heavy atom. The van der Waals surface area contributed by atoms with Gasteiger partial charge in [-0.15, -0.1) is 0 Å². The fraction of sp³-hybridized carbons (Fsp3) is 0.600. The van der Waals surface area contributed by atoms with E-state index in [0.29, 0.717) is 5.41 Å². The zero-order valence-corrected chi connectivity index (χ0v) is 14.1. The average Bonchev–Trinajstić information content (AvgIpc) is 2.37. The van der Waals surface area contributed by atoms with E-state index in [1.165, 1.54) is 30.4 Å². The van der Waals surface area contributed by atoms with Crippen molar-refractivity contribution in [2.75, 3.05) is 0 Å². The van der Waals surface area contributed by atoms with Crippen molar-refractivity contribution < 1.29 is 0 Å². The summed E-state index contributed by atoms with van der Waals surface area (Å²) in [6, 6.07) is 9.21. The SMILES string of the molecule is CC(C)(C)c1ccc(C2=CC[C@@H](C(C)(C)C)CC2)cc1. The van der Waals surface area contributed by atoms with Gasteiger partial charge in [-0.05, 0) is 52.7 Å². The third kappa shape index (κ3) is 3.53. The van der Waals surface area contributed by atoms with Gasteiger partial charge in [0.15, 0.2) is 0 Å². The summed E-state index contributed by atoms with van der Waals surface area (Å²) in [5.41, 5.74) is 5.08. The average molecular weight is 270 g/mol. The van der Waals surface area contributed by atoms with Gasteiger partial charge in [0.25, 0.3) is 0 Å². The molecule has 0 unspecified atom stereocenters. The lowest BCUT2D eigenvalue weighted by molar-refractivity contribution is 0.225. The second kappa shape index (κ2) is 5.39. The molecular formula is C20H30. The molecule has 0 saturated carbocycles. The maximum absolute atomic E-state index is 2.48. The van der Waals surface area contributed by atoms with E-state index in [1.807, 2.05) is 0 Å². The van der Waals surface area contributed by atoms with Crippen LogP contribution >= 0.6 is 0 Å². The minimum atomic E-state index is 0.247. The minimum Gasteiger partial charge on any atom is -0.0804 e. The molecule has 1 aromatic carbocycles. The number of rotatable bonds is 1. The first-order valence-corrected chi connectivity index (χ1v) is 7.98. The lowest BCUT2D eigenvalue weighted by Crippen LogP contribution is -2.22. The Labute approximate surface area is 125 Å². The van der Waals surface area contributed by atoms with Crippen molar-refractivity contribution >= 4 is 5.57 Å². The molecule has 1 atom stereocenters. The maximum Gasteiger partial charge on any atom is -0.0132 e. The van der Waals surface area contributed by atoms with Crippen molar-refractivity contribution in [1.29, 1.82) is 0 Å². The van der Waals surface area contributed by atoms with Gasteiger partial charge in [-0.25, -0.2) is 0 Å². The van der Waals surface area contributed by atoms with Crippen molar-refractivity contribution in [3.05, 3.63) is 41.5 Å². The van der Waals surface area contributed by atoms with Crippen LogP contribution in [0.25, 0.3) is 5.57 Å². The third-order valence-electron chi connectivity index (χ3n) is 4.76. The van der Waals surface area contributed by atoms with Crippen LogP contribution in [0.3, 0.4) is 0 Å². The van der Waals surface area contributed by atoms with E-state index in [2.05, 4.69) is 71.9 Å². The summed E-state index contributed by atoms with van der Waals surface area (Å²) in [6.07, 6.45) is 6.28. The van der Waals surface area contributed by atoms with Crippen LogP contribution in [-0.4, -0.2) is 0 Å². The Morgan fingerprint density at radius 2 is 1.50 bits per heavy atom. The van der Waals surface area contributed by atoms with Gasteiger partial charge in [-0.3, -0.25) is 0 Å². The Balaban J connectivity index is 2.12. The molecule has 0 heteroatoms. The molecule has 0 nitrogen and oxygen atoms in total. The normalized spacial score (nSPS) is 20.7. The lowest BCUT2D eigenvalue weighted by Gasteiger charge is -2.33. The monoisotopic (exact) mass is 270 g/mol. The van der Waals surface area contributed by atoms with Crippen molar-refractivity contribution in [1.82, 2.24) is 0 Å². The van der Waals surface area contributed by atoms with E-state index >= 15 is 0 Å². The Bertz CT molecular complexity index is 474. The minimum absolute atomic E-state index is 0.247. The van der Waals surface area contributed by atoms with E-state index in [1.54, 1.807) is 5.57 Å². The molecule has 110 valence electrons. The summed E-state index contributed by atoms with van der Waals surface area (Å²) in [4.78, 5) is 0. The second-order valence-electron chi connectivity index (χ2n) is 8.39. The Morgan fingerprint density at radius 1 is 0.900 bits per heavy atom. The fourth-order valence-electron chi connectivity index (χ4n) is 3.07. The highest BCUT2D eigenvalue weighted by Crippen LogP contribution is 2.39. The van der Waals surface area contributed by atoms with Gasteiger partial charge in [0, 0.05) is 0 Å². The third-order valence-corrected chi connectivity index (χ3v) is 4.76. The van der Waals surface area contributed by atoms with Crippen LogP contribution in [0, 0.1) is 11.3 Å². The zero-order chi connectivity index (χ0) is 15.0. The van der Waals surface area contributed by atoms with Gasteiger partial charge >= 0.3 is 0 Å². The van der Waals surface area contributed by atoms with E-state index < -0.39 is 0 Å². The molecule has 0 bridgehead atoms. The van der Waals surface area contributed by atoms with Crippen molar-refractivity contribution in [3.8, 4) is 0 Å². The predicted molar refractivity (Wildman–Crippen MR) is 89.9 cm³/mol. The largest absolute Gasteiger partial charge is 0.0804 e. The number of hydrogen-bond donors (Lipinski definition) is 0. The van der Waals surface area contributed by atoms with Gasteiger partial charge in [0.1, 0.15) is 0 Å². The van der Waals surface area contributed by atoms with E-state index in [4.69, 9.17) is 0 Å². The molecule has 20 heavy (non-hydrogen) atoms. The van der Waals surface area contributed by atoms with Crippen LogP contribution in [0.5, 0.6) is 0 Å². The summed E-state index contributed by atoms with van der Waals surface area (Å²) in [6.45, 7) is 13.9. The van der Waals surface area contributed by atoms with Crippen LogP contribution in [0.15, 0.2) is 30.3 Å².